The Bertz CT molecular complexity index is 225. The maximum absolute atomic E-state index is 10.1. The van der Waals surface area contributed by atoms with Gasteiger partial charge in [-0.25, -0.2) is 0 Å². The van der Waals surface area contributed by atoms with Crippen molar-refractivity contribution in [2.75, 3.05) is 6.61 Å². The Morgan fingerprint density at radius 1 is 0.864 bits per heavy atom. The van der Waals surface area contributed by atoms with Gasteiger partial charge in [0.25, 0.3) is 0 Å². The van der Waals surface area contributed by atoms with Gasteiger partial charge >= 0.3 is 46.8 Å². The Labute approximate surface area is 144 Å². The van der Waals surface area contributed by atoms with E-state index in [1.54, 1.807) is 0 Å². The van der Waals surface area contributed by atoms with Crippen molar-refractivity contribution in [1.82, 2.24) is 0 Å². The van der Waals surface area contributed by atoms with Gasteiger partial charge in [-0.05, 0) is 37.5 Å². The van der Waals surface area contributed by atoms with Crippen LogP contribution < -0.4 is 10.2 Å². The van der Waals surface area contributed by atoms with Gasteiger partial charge in [0.1, 0.15) is 0 Å². The minimum absolute atomic E-state index is 0.241. The number of unbranched alkanes of at least 4 members (excludes halogenated alkanes) is 1. The molecule has 0 bridgehead atoms. The number of carboxylic acids is 2. The third-order valence-electron chi connectivity index (χ3n) is 3.25. The molecule has 5 nitrogen and oxygen atoms in total. The summed E-state index contributed by atoms with van der Waals surface area (Å²) in [6, 6.07) is 0. The van der Waals surface area contributed by atoms with Crippen LogP contribution >= 0.6 is 0 Å². The zero-order valence-corrected chi connectivity index (χ0v) is 15.9. The van der Waals surface area contributed by atoms with E-state index in [4.69, 9.17) is 3.79 Å². The number of carbonyl (C=O) groups is 2. The molecule has 0 amide bonds. The van der Waals surface area contributed by atoms with Gasteiger partial charge in [0.05, 0.1) is 0 Å². The summed E-state index contributed by atoms with van der Waals surface area (Å²) >= 11 is 2.23. The zero-order valence-electron chi connectivity index (χ0n) is 14.7. The van der Waals surface area contributed by atoms with Crippen LogP contribution in [0.5, 0.6) is 0 Å². The molecule has 128 valence electrons. The fourth-order valence-electron chi connectivity index (χ4n) is 1.47. The van der Waals surface area contributed by atoms with E-state index >= 15 is 0 Å². The van der Waals surface area contributed by atoms with Crippen LogP contribution in [0.2, 0.25) is 0 Å². The van der Waals surface area contributed by atoms with Gasteiger partial charge in [-0.3, -0.25) is 0 Å². The van der Waals surface area contributed by atoms with E-state index in [0.717, 1.165) is 6.61 Å². The third kappa shape index (κ3) is 19.4. The fourth-order valence-corrected chi connectivity index (χ4v) is 1.64. The molecule has 0 aliphatic rings. The summed E-state index contributed by atoms with van der Waals surface area (Å²) in [6.07, 6.45) is 5.10. The molecule has 0 radical (unpaired) electrons. The van der Waals surface area contributed by atoms with Gasteiger partial charge in [-0.1, -0.05) is 27.7 Å². The molecule has 0 N–H and O–H groups in total. The number of hydrogen-bond donors (Lipinski definition) is 0. The van der Waals surface area contributed by atoms with Gasteiger partial charge < -0.3 is 19.8 Å². The van der Waals surface area contributed by atoms with E-state index in [2.05, 4.69) is 23.5 Å². The first-order valence-electron chi connectivity index (χ1n) is 8.09. The molecular formula is C16H31AlO5. The van der Waals surface area contributed by atoms with E-state index < -0.39 is 11.9 Å². The molecule has 0 rings (SSSR count). The van der Waals surface area contributed by atoms with Crippen LogP contribution in [-0.2, 0) is 13.4 Å². The Morgan fingerprint density at radius 2 is 1.18 bits per heavy atom. The van der Waals surface area contributed by atoms with Crippen molar-refractivity contribution in [3.05, 3.63) is 0 Å². The second kappa shape index (κ2) is 20.4. The van der Waals surface area contributed by atoms with Crippen LogP contribution in [0.15, 0.2) is 0 Å². The van der Waals surface area contributed by atoms with Crippen molar-refractivity contribution in [3.8, 4) is 0 Å². The van der Waals surface area contributed by atoms with Crippen LogP contribution in [-0.4, -0.2) is 35.2 Å². The van der Waals surface area contributed by atoms with Crippen molar-refractivity contribution in [1.29, 1.82) is 0 Å². The van der Waals surface area contributed by atoms with Gasteiger partial charge in [-0.2, -0.15) is 0 Å². The van der Waals surface area contributed by atoms with Crippen LogP contribution in [0.4, 0.5) is 0 Å². The van der Waals surface area contributed by atoms with E-state index in [9.17, 15) is 19.8 Å². The monoisotopic (exact) mass is 330 g/mol. The molecule has 0 atom stereocenters. The number of carbonyl (C=O) groups excluding carboxylic acids is 2. The number of hydrogen-bond acceptors (Lipinski definition) is 5. The summed E-state index contributed by atoms with van der Waals surface area (Å²) in [4.78, 5) is 20.1. The van der Waals surface area contributed by atoms with Crippen LogP contribution in [0.25, 0.3) is 0 Å². The summed E-state index contributed by atoms with van der Waals surface area (Å²) < 4.78 is 4.70. The molecule has 0 aromatic heterocycles. The third-order valence-corrected chi connectivity index (χ3v) is 3.49. The molecule has 0 aromatic rings. The molecule has 0 spiro atoms. The average molecular weight is 330 g/mol. The molecule has 0 saturated heterocycles. The SMILES string of the molecule is CCC(CC)C(=O)[O-].CCC(CC)C(=O)[O-].CCCC[O][Al+2]. The molecular weight excluding hydrogens is 299 g/mol. The number of aliphatic carboxylic acids is 2. The molecule has 0 aliphatic carbocycles. The minimum atomic E-state index is -0.921. The first-order chi connectivity index (χ1) is 10.4. The van der Waals surface area contributed by atoms with E-state index in [1.807, 2.05) is 27.7 Å². The predicted molar refractivity (Wildman–Crippen MR) is 84.8 cm³/mol. The average Bonchev–Trinajstić information content (AvgIpc) is 2.48. The van der Waals surface area contributed by atoms with Crippen molar-refractivity contribution in [3.63, 3.8) is 0 Å². The molecule has 0 unspecified atom stereocenters. The molecule has 0 aromatic carbocycles. The molecule has 0 fully saturated rings. The van der Waals surface area contributed by atoms with Crippen molar-refractivity contribution in [2.24, 2.45) is 11.8 Å². The number of rotatable bonds is 9. The second-order valence-corrected chi connectivity index (χ2v) is 5.22. The topological polar surface area (TPSA) is 89.5 Å². The van der Waals surface area contributed by atoms with Crippen LogP contribution in [0.1, 0.15) is 73.1 Å². The van der Waals surface area contributed by atoms with E-state index in [1.165, 1.54) is 12.8 Å². The Kier molecular flexibility index (Phi) is 24.5. The van der Waals surface area contributed by atoms with Crippen LogP contribution in [0.3, 0.4) is 0 Å². The summed E-state index contributed by atoms with van der Waals surface area (Å²) in [5.74, 6) is -2.32. The van der Waals surface area contributed by atoms with Gasteiger partial charge in [0, 0.05) is 11.9 Å². The Hall–Kier alpha value is -0.568. The molecule has 22 heavy (non-hydrogen) atoms. The normalized spacial score (nSPS) is 9.68. The molecule has 0 saturated carbocycles. The fraction of sp³-hybridized carbons (Fsp3) is 0.875. The van der Waals surface area contributed by atoms with Crippen molar-refractivity contribution < 1.29 is 23.6 Å². The zero-order chi connectivity index (χ0) is 18.0. The molecule has 0 heterocycles. The quantitative estimate of drug-likeness (QED) is 0.468. The Balaban J connectivity index is -0.000000249. The van der Waals surface area contributed by atoms with Gasteiger partial charge in [0.15, 0.2) is 0 Å². The molecule has 6 heteroatoms. The van der Waals surface area contributed by atoms with Crippen LogP contribution in [0, 0.1) is 11.8 Å². The van der Waals surface area contributed by atoms with Crippen molar-refractivity contribution >= 4 is 28.6 Å². The molecule has 0 aliphatic heterocycles. The standard InChI is InChI=1S/2C6H12O2.C4H9O.Al/c2*1-3-5(4-2)6(7)8;1-2-3-4-5;/h2*5H,3-4H2,1-2H3,(H,7,8);2-4H2,1H3;/q;;-1;+3/p-2. The van der Waals surface area contributed by atoms with E-state index in [-0.39, 0.29) is 11.8 Å². The van der Waals surface area contributed by atoms with Crippen molar-refractivity contribution in [2.45, 2.75) is 73.1 Å². The maximum atomic E-state index is 10.1. The van der Waals surface area contributed by atoms with E-state index in [0.29, 0.717) is 25.7 Å². The summed E-state index contributed by atoms with van der Waals surface area (Å²) in [6.45, 7) is 10.4. The summed E-state index contributed by atoms with van der Waals surface area (Å²) in [7, 11) is 0. The second-order valence-electron chi connectivity index (χ2n) is 4.89. The predicted octanol–water partition coefficient (Wildman–Crippen LogP) is 1.23. The Morgan fingerprint density at radius 3 is 1.23 bits per heavy atom. The first kappa shape index (κ1) is 26.3. The summed E-state index contributed by atoms with van der Waals surface area (Å²) in [5, 5.41) is 20.1. The van der Waals surface area contributed by atoms with Gasteiger partial charge in [-0.15, -0.1) is 0 Å². The first-order valence-corrected chi connectivity index (χ1v) is 8.56. The summed E-state index contributed by atoms with van der Waals surface area (Å²) in [5.41, 5.74) is 0. The van der Waals surface area contributed by atoms with Gasteiger partial charge in [0.2, 0.25) is 0 Å². The number of carboxylic acid groups (broad SMARTS) is 2.